The number of nitrogens with two attached hydrogens (primary N) is 1. The van der Waals surface area contributed by atoms with E-state index >= 15 is 0 Å². The third-order valence-electron chi connectivity index (χ3n) is 3.96. The average molecular weight is 254 g/mol. The zero-order chi connectivity index (χ0) is 13.4. The first-order valence-corrected chi connectivity index (χ1v) is 7.58. The molecule has 1 atom stereocenters. The maximum atomic E-state index is 11.8. The van der Waals surface area contributed by atoms with Crippen LogP contribution in [-0.4, -0.2) is 19.0 Å². The van der Waals surface area contributed by atoms with Gasteiger partial charge in [-0.3, -0.25) is 4.79 Å². The Morgan fingerprint density at radius 1 is 1.33 bits per heavy atom. The summed E-state index contributed by atoms with van der Waals surface area (Å²) < 4.78 is 0. The predicted octanol–water partition coefficient (Wildman–Crippen LogP) is 2.69. The SMILES string of the molecule is CC(C)C[C@H](CN)CC(=O)NCCC1CCCC1. The normalized spacial score (nSPS) is 18.2. The van der Waals surface area contributed by atoms with Crippen LogP contribution in [0.3, 0.4) is 0 Å². The molecule has 3 N–H and O–H groups in total. The highest BCUT2D eigenvalue weighted by molar-refractivity contribution is 5.76. The van der Waals surface area contributed by atoms with Crippen LogP contribution in [0.2, 0.25) is 0 Å². The van der Waals surface area contributed by atoms with Crippen LogP contribution in [-0.2, 0) is 4.79 Å². The highest BCUT2D eigenvalue weighted by Crippen LogP contribution is 2.26. The van der Waals surface area contributed by atoms with Crippen molar-refractivity contribution in [1.29, 1.82) is 0 Å². The fraction of sp³-hybridized carbons (Fsp3) is 0.933. The van der Waals surface area contributed by atoms with E-state index in [0.717, 1.165) is 25.3 Å². The van der Waals surface area contributed by atoms with Gasteiger partial charge in [-0.2, -0.15) is 0 Å². The molecule has 18 heavy (non-hydrogen) atoms. The van der Waals surface area contributed by atoms with E-state index < -0.39 is 0 Å². The Morgan fingerprint density at radius 2 is 2.00 bits per heavy atom. The maximum Gasteiger partial charge on any atom is 0.220 e. The van der Waals surface area contributed by atoms with E-state index in [-0.39, 0.29) is 5.91 Å². The average Bonchev–Trinajstić information content (AvgIpc) is 2.80. The highest BCUT2D eigenvalue weighted by atomic mass is 16.1. The fourth-order valence-corrected chi connectivity index (χ4v) is 2.98. The topological polar surface area (TPSA) is 55.1 Å². The molecule has 1 amide bonds. The van der Waals surface area contributed by atoms with Crippen LogP contribution in [0.1, 0.15) is 58.8 Å². The summed E-state index contributed by atoms with van der Waals surface area (Å²) in [7, 11) is 0. The van der Waals surface area contributed by atoms with Gasteiger partial charge in [-0.05, 0) is 37.1 Å². The lowest BCUT2D eigenvalue weighted by Crippen LogP contribution is -2.30. The second-order valence-corrected chi connectivity index (χ2v) is 6.22. The molecule has 0 aromatic heterocycles. The summed E-state index contributed by atoms with van der Waals surface area (Å²) in [6.07, 6.45) is 8.27. The molecule has 0 aromatic carbocycles. The van der Waals surface area contributed by atoms with Gasteiger partial charge in [-0.25, -0.2) is 0 Å². The van der Waals surface area contributed by atoms with E-state index in [1.165, 1.54) is 25.7 Å². The molecular weight excluding hydrogens is 224 g/mol. The Morgan fingerprint density at radius 3 is 2.56 bits per heavy atom. The van der Waals surface area contributed by atoms with E-state index in [2.05, 4.69) is 19.2 Å². The predicted molar refractivity (Wildman–Crippen MR) is 76.2 cm³/mol. The van der Waals surface area contributed by atoms with Crippen molar-refractivity contribution >= 4 is 5.91 Å². The molecule has 3 heteroatoms. The van der Waals surface area contributed by atoms with Gasteiger partial charge in [-0.15, -0.1) is 0 Å². The number of carbonyl (C=O) groups is 1. The van der Waals surface area contributed by atoms with Gasteiger partial charge in [0.2, 0.25) is 5.91 Å². The molecule has 0 saturated heterocycles. The van der Waals surface area contributed by atoms with Crippen molar-refractivity contribution in [2.24, 2.45) is 23.5 Å². The summed E-state index contributed by atoms with van der Waals surface area (Å²) in [5.74, 6) is 2.00. The highest BCUT2D eigenvalue weighted by Gasteiger charge is 2.16. The van der Waals surface area contributed by atoms with Crippen molar-refractivity contribution in [1.82, 2.24) is 5.32 Å². The molecule has 0 heterocycles. The number of hydrogen-bond donors (Lipinski definition) is 2. The van der Waals surface area contributed by atoms with Crippen molar-refractivity contribution in [3.05, 3.63) is 0 Å². The van der Waals surface area contributed by atoms with Gasteiger partial charge in [0.15, 0.2) is 0 Å². The zero-order valence-electron chi connectivity index (χ0n) is 12.1. The van der Waals surface area contributed by atoms with Crippen LogP contribution < -0.4 is 11.1 Å². The van der Waals surface area contributed by atoms with Crippen LogP contribution >= 0.6 is 0 Å². The summed E-state index contributed by atoms with van der Waals surface area (Å²) in [6.45, 7) is 5.83. The summed E-state index contributed by atoms with van der Waals surface area (Å²) in [5.41, 5.74) is 5.72. The van der Waals surface area contributed by atoms with E-state index in [1.54, 1.807) is 0 Å². The lowest BCUT2D eigenvalue weighted by atomic mass is 9.94. The Hall–Kier alpha value is -0.570. The Kier molecular flexibility index (Phi) is 7.33. The van der Waals surface area contributed by atoms with Crippen LogP contribution in [0.4, 0.5) is 0 Å². The minimum Gasteiger partial charge on any atom is -0.356 e. The van der Waals surface area contributed by atoms with Gasteiger partial charge in [0, 0.05) is 13.0 Å². The van der Waals surface area contributed by atoms with E-state index in [4.69, 9.17) is 5.73 Å². The van der Waals surface area contributed by atoms with Crippen molar-refractivity contribution in [2.45, 2.75) is 58.8 Å². The molecule has 0 aromatic rings. The Balaban J connectivity index is 2.11. The summed E-state index contributed by atoms with van der Waals surface area (Å²) >= 11 is 0. The molecule has 0 aliphatic heterocycles. The second kappa shape index (κ2) is 8.52. The lowest BCUT2D eigenvalue weighted by Gasteiger charge is -2.17. The first kappa shape index (κ1) is 15.5. The minimum atomic E-state index is 0.184. The zero-order valence-corrected chi connectivity index (χ0v) is 12.1. The molecule has 106 valence electrons. The van der Waals surface area contributed by atoms with Gasteiger partial charge in [0.05, 0.1) is 0 Å². The molecule has 1 aliphatic rings. The van der Waals surface area contributed by atoms with Gasteiger partial charge in [0.1, 0.15) is 0 Å². The van der Waals surface area contributed by atoms with E-state index in [0.29, 0.717) is 24.8 Å². The molecule has 0 unspecified atom stereocenters. The molecular formula is C15H30N2O. The number of amides is 1. The lowest BCUT2D eigenvalue weighted by molar-refractivity contribution is -0.122. The van der Waals surface area contributed by atoms with Crippen LogP contribution in [0, 0.1) is 17.8 Å². The standard InChI is InChI=1S/C15H30N2O/c1-12(2)9-14(11-16)10-15(18)17-8-7-13-5-3-4-6-13/h12-14H,3-11,16H2,1-2H3,(H,17,18)/t14-/m0/s1. The third kappa shape index (κ3) is 6.39. The number of carbonyl (C=O) groups excluding carboxylic acids is 1. The molecule has 1 aliphatic carbocycles. The van der Waals surface area contributed by atoms with Gasteiger partial charge in [-0.1, -0.05) is 39.5 Å². The molecule has 1 rings (SSSR count). The number of nitrogens with one attached hydrogen (secondary N) is 1. The summed E-state index contributed by atoms with van der Waals surface area (Å²) in [4.78, 5) is 11.8. The second-order valence-electron chi connectivity index (χ2n) is 6.22. The quantitative estimate of drug-likeness (QED) is 0.699. The minimum absolute atomic E-state index is 0.184. The molecule has 1 saturated carbocycles. The first-order chi connectivity index (χ1) is 8.61. The molecule has 1 fully saturated rings. The third-order valence-corrected chi connectivity index (χ3v) is 3.96. The van der Waals surface area contributed by atoms with Gasteiger partial charge < -0.3 is 11.1 Å². The van der Waals surface area contributed by atoms with E-state index in [1.807, 2.05) is 0 Å². The summed E-state index contributed by atoms with van der Waals surface area (Å²) in [5, 5.41) is 3.05. The fourth-order valence-electron chi connectivity index (χ4n) is 2.98. The van der Waals surface area contributed by atoms with Crippen molar-refractivity contribution in [3.8, 4) is 0 Å². The molecule has 0 radical (unpaired) electrons. The van der Waals surface area contributed by atoms with Crippen LogP contribution in [0.15, 0.2) is 0 Å². The maximum absolute atomic E-state index is 11.8. The first-order valence-electron chi connectivity index (χ1n) is 7.58. The smallest absolute Gasteiger partial charge is 0.220 e. The number of rotatable bonds is 8. The van der Waals surface area contributed by atoms with Crippen molar-refractivity contribution < 1.29 is 4.79 Å². The number of hydrogen-bond acceptors (Lipinski definition) is 2. The van der Waals surface area contributed by atoms with Gasteiger partial charge >= 0.3 is 0 Å². The largest absolute Gasteiger partial charge is 0.356 e. The summed E-state index contributed by atoms with van der Waals surface area (Å²) in [6, 6.07) is 0. The van der Waals surface area contributed by atoms with E-state index in [9.17, 15) is 4.79 Å². The molecule has 0 bridgehead atoms. The molecule has 0 spiro atoms. The Labute approximate surface area is 112 Å². The molecule has 3 nitrogen and oxygen atoms in total. The Bertz CT molecular complexity index is 235. The monoisotopic (exact) mass is 254 g/mol. The van der Waals surface area contributed by atoms with Crippen LogP contribution in [0.5, 0.6) is 0 Å². The van der Waals surface area contributed by atoms with Crippen molar-refractivity contribution in [3.63, 3.8) is 0 Å². The van der Waals surface area contributed by atoms with Crippen molar-refractivity contribution in [2.75, 3.05) is 13.1 Å². The van der Waals surface area contributed by atoms with Crippen LogP contribution in [0.25, 0.3) is 0 Å². The van der Waals surface area contributed by atoms with Gasteiger partial charge in [0.25, 0.3) is 0 Å².